The van der Waals surface area contributed by atoms with Gasteiger partial charge >= 0.3 is 0 Å². The third-order valence-electron chi connectivity index (χ3n) is 6.25. The SMILES string of the molecule is C.C.CCC(=O)[C@H](Cc1ncc[nH]1)NC.CC[C@@H](Cc1ncc[nH]1)C(=O)NC.CC[C@@H](Cc1ncc[nH]1)C(=O)NC.[Zn].[Zn]. The van der Waals surface area contributed by atoms with E-state index in [4.69, 9.17) is 0 Å². The first-order valence-electron chi connectivity index (χ1n) is 13.4. The van der Waals surface area contributed by atoms with Gasteiger partial charge in [-0.1, -0.05) is 35.6 Å². The molecule has 0 aliphatic carbocycles. The van der Waals surface area contributed by atoms with Gasteiger partial charge < -0.3 is 30.9 Å². The van der Waals surface area contributed by atoms with Gasteiger partial charge in [-0.25, -0.2) is 15.0 Å². The number of hydrogen-bond acceptors (Lipinski definition) is 7. The quantitative estimate of drug-likeness (QED) is 0.148. The van der Waals surface area contributed by atoms with E-state index in [1.165, 1.54) is 0 Å². The summed E-state index contributed by atoms with van der Waals surface area (Å²) in [6, 6.07) is -0.115. The molecule has 43 heavy (non-hydrogen) atoms. The van der Waals surface area contributed by atoms with Crippen molar-refractivity contribution in [3.63, 3.8) is 0 Å². The molecule has 0 saturated carbocycles. The normalized spacial score (nSPS) is 11.4. The number of carbonyl (C=O) groups excluding carboxylic acids is 3. The van der Waals surface area contributed by atoms with Crippen LogP contribution in [-0.2, 0) is 72.6 Å². The zero-order chi connectivity index (χ0) is 29.0. The summed E-state index contributed by atoms with van der Waals surface area (Å²) < 4.78 is 0. The molecule has 3 heterocycles. The first-order valence-corrected chi connectivity index (χ1v) is 13.4. The van der Waals surface area contributed by atoms with Crippen molar-refractivity contribution in [1.29, 1.82) is 0 Å². The number of aromatic amines is 3. The maximum absolute atomic E-state index is 11.4. The molecule has 0 radical (unpaired) electrons. The maximum Gasteiger partial charge on any atom is 0.223 e. The Labute approximate surface area is 283 Å². The maximum atomic E-state index is 11.4. The number of hydrogen-bond donors (Lipinski definition) is 6. The summed E-state index contributed by atoms with van der Waals surface area (Å²) in [4.78, 5) is 55.2. The van der Waals surface area contributed by atoms with Crippen molar-refractivity contribution in [3.8, 4) is 0 Å². The van der Waals surface area contributed by atoms with Crippen LogP contribution in [-0.4, -0.2) is 74.7 Å². The number of rotatable bonds is 13. The zero-order valence-corrected chi connectivity index (χ0v) is 31.4. The Hall–Kier alpha value is -2.55. The molecule has 236 valence electrons. The summed E-state index contributed by atoms with van der Waals surface area (Å²) >= 11 is 0. The fourth-order valence-electron chi connectivity index (χ4n) is 3.77. The fourth-order valence-corrected chi connectivity index (χ4v) is 3.77. The predicted octanol–water partition coefficient (Wildman–Crippen LogP) is 3.24. The van der Waals surface area contributed by atoms with Crippen molar-refractivity contribution >= 4 is 17.6 Å². The Kier molecular flexibility index (Phi) is 31.1. The van der Waals surface area contributed by atoms with Crippen LogP contribution in [0.25, 0.3) is 0 Å². The third kappa shape index (κ3) is 18.7. The molecule has 6 N–H and O–H groups in total. The van der Waals surface area contributed by atoms with Gasteiger partial charge in [0.15, 0.2) is 0 Å². The molecule has 0 spiro atoms. The monoisotopic (exact) mass is 703 g/mol. The van der Waals surface area contributed by atoms with Gasteiger partial charge in [0.05, 0.1) is 6.04 Å². The second kappa shape index (κ2) is 28.2. The van der Waals surface area contributed by atoms with Crippen LogP contribution in [0, 0.1) is 11.8 Å². The Morgan fingerprint density at radius 3 is 1.26 bits per heavy atom. The van der Waals surface area contributed by atoms with Crippen LogP contribution in [0.5, 0.6) is 0 Å². The first kappa shape index (κ1) is 47.4. The average Bonchev–Trinajstić information content (AvgIpc) is 3.77. The predicted molar refractivity (Wildman–Crippen MR) is 164 cm³/mol. The molecule has 0 bridgehead atoms. The Morgan fingerprint density at radius 2 is 1.02 bits per heavy atom. The van der Waals surface area contributed by atoms with Crippen LogP contribution < -0.4 is 16.0 Å². The van der Waals surface area contributed by atoms with Crippen LogP contribution in [0.4, 0.5) is 0 Å². The molecule has 0 aliphatic rings. The van der Waals surface area contributed by atoms with E-state index in [9.17, 15) is 14.4 Å². The molecular formula is C29H53N9O3Zn2. The van der Waals surface area contributed by atoms with Crippen LogP contribution in [0.3, 0.4) is 0 Å². The summed E-state index contributed by atoms with van der Waals surface area (Å²) in [5.74, 6) is 3.02. The summed E-state index contributed by atoms with van der Waals surface area (Å²) in [7, 11) is 5.11. The minimum Gasteiger partial charge on any atom is -0.359 e. The molecule has 0 unspecified atom stereocenters. The molecule has 2 amide bonds. The standard InChI is InChI=1S/3C9H15N3O.2CH4.2Zn/c1-3-8(13)7(10-2)6-9-11-4-5-12-9;2*1-3-7(9(13)10-2)6-8-11-4-5-12-8;;;;/h4-5,7,10H,3,6H2,1-2H3,(H,11,12);2*4-5,7H,3,6H2,1-2H3,(H,10,13)(H,11,12);2*1H4;;/t3*7-;;;;/m000..../s1. The van der Waals surface area contributed by atoms with Crippen molar-refractivity contribution in [2.24, 2.45) is 11.8 Å². The van der Waals surface area contributed by atoms with Gasteiger partial charge in [0.2, 0.25) is 11.8 Å². The topological polar surface area (TPSA) is 173 Å². The van der Waals surface area contributed by atoms with Gasteiger partial charge in [-0.05, 0) is 19.9 Å². The molecule has 12 nitrogen and oxygen atoms in total. The molecule has 3 aromatic rings. The molecule has 0 fully saturated rings. The van der Waals surface area contributed by atoms with Crippen molar-refractivity contribution < 1.29 is 53.3 Å². The van der Waals surface area contributed by atoms with E-state index in [2.05, 4.69) is 45.9 Å². The van der Waals surface area contributed by atoms with Crippen molar-refractivity contribution in [2.75, 3.05) is 21.1 Å². The van der Waals surface area contributed by atoms with Gasteiger partial charge in [-0.15, -0.1) is 0 Å². The van der Waals surface area contributed by atoms with E-state index >= 15 is 0 Å². The summed E-state index contributed by atoms with van der Waals surface area (Å²) in [6.07, 6.45) is 14.6. The number of imidazole rings is 3. The minimum absolute atomic E-state index is 0. The van der Waals surface area contributed by atoms with Crippen LogP contribution in [0.2, 0.25) is 0 Å². The summed E-state index contributed by atoms with van der Waals surface area (Å²) in [6.45, 7) is 5.88. The number of nitrogens with one attached hydrogen (secondary N) is 6. The van der Waals surface area contributed by atoms with Crippen LogP contribution in [0.1, 0.15) is 72.4 Å². The van der Waals surface area contributed by atoms with Crippen molar-refractivity contribution in [2.45, 2.75) is 80.2 Å². The smallest absolute Gasteiger partial charge is 0.223 e. The Bertz CT molecular complexity index is 914. The number of Topliss-reactive ketones (excluding diaryl/α,β-unsaturated/α-hetero) is 1. The van der Waals surface area contributed by atoms with E-state index < -0.39 is 0 Å². The number of nitrogens with zero attached hydrogens (tertiary/aromatic N) is 3. The van der Waals surface area contributed by atoms with Gasteiger partial charge in [-0.3, -0.25) is 14.4 Å². The molecule has 3 atom stereocenters. The largest absolute Gasteiger partial charge is 0.359 e. The minimum atomic E-state index is -0.115. The number of amides is 2. The van der Waals surface area contributed by atoms with Gasteiger partial charge in [-0.2, -0.15) is 0 Å². The van der Waals surface area contributed by atoms with E-state index in [0.29, 0.717) is 25.7 Å². The molecule has 0 aliphatic heterocycles. The van der Waals surface area contributed by atoms with Crippen molar-refractivity contribution in [1.82, 2.24) is 45.9 Å². The molecular weight excluding hydrogens is 653 g/mol. The second-order valence-corrected chi connectivity index (χ2v) is 8.82. The number of likely N-dealkylation sites (N-methyl/N-ethyl adjacent to an activating group) is 1. The molecule has 14 heteroatoms. The fraction of sp³-hybridized carbons (Fsp3) is 0.586. The number of carbonyl (C=O) groups is 3. The van der Waals surface area contributed by atoms with Gasteiger partial charge in [0, 0.05) is 128 Å². The van der Waals surface area contributed by atoms with Gasteiger partial charge in [0.25, 0.3) is 0 Å². The molecule has 3 aromatic heterocycles. The summed E-state index contributed by atoms with van der Waals surface area (Å²) in [5, 5.41) is 8.28. The number of H-pyrrole nitrogens is 3. The van der Waals surface area contributed by atoms with E-state index in [1.54, 1.807) is 58.3 Å². The number of aromatic nitrogens is 6. The second-order valence-electron chi connectivity index (χ2n) is 8.82. The zero-order valence-electron chi connectivity index (χ0n) is 25.4. The van der Waals surface area contributed by atoms with Gasteiger partial charge in [0.1, 0.15) is 23.3 Å². The molecule has 3 rings (SSSR count). The van der Waals surface area contributed by atoms with Crippen molar-refractivity contribution in [3.05, 3.63) is 54.7 Å². The molecule has 0 aromatic carbocycles. The first-order chi connectivity index (χ1) is 18.8. The van der Waals surface area contributed by atoms with E-state index in [-0.39, 0.29) is 89.3 Å². The average molecular weight is 707 g/mol. The third-order valence-corrected chi connectivity index (χ3v) is 6.25. The van der Waals surface area contributed by atoms with E-state index in [1.807, 2.05) is 20.8 Å². The molecule has 0 saturated heterocycles. The summed E-state index contributed by atoms with van der Waals surface area (Å²) in [5.41, 5.74) is 0. The Balaban J connectivity index is -0.000000253. The van der Waals surface area contributed by atoms with E-state index in [0.717, 1.165) is 30.3 Å². The number of ketones is 1. The Morgan fingerprint density at radius 1 is 0.674 bits per heavy atom. The van der Waals surface area contributed by atoms with Crippen LogP contribution in [0.15, 0.2) is 37.2 Å². The van der Waals surface area contributed by atoms with Crippen LogP contribution >= 0.6 is 0 Å².